The smallest absolute Gasteiger partial charge is 0.230 e. The first-order valence-electron chi connectivity index (χ1n) is 7.53. The van der Waals surface area contributed by atoms with Crippen molar-refractivity contribution in [2.75, 3.05) is 0 Å². The summed E-state index contributed by atoms with van der Waals surface area (Å²) in [5, 5.41) is 0. The Labute approximate surface area is 139 Å². The molecule has 0 saturated heterocycles. The maximum Gasteiger partial charge on any atom is 0.318 e. The SMILES string of the molecule is Fc1c(F)c(F)c(C(F)(F)C2(F)C3C4C=CC(C4)C3C2(F)F)c(F)c1F. The van der Waals surface area contributed by atoms with E-state index in [0.29, 0.717) is 0 Å². The Balaban J connectivity index is 1.92. The Morgan fingerprint density at radius 3 is 1.65 bits per heavy atom. The van der Waals surface area contributed by atoms with Crippen molar-refractivity contribution >= 4 is 0 Å². The lowest BCUT2D eigenvalue weighted by Gasteiger charge is -2.58. The number of hydrogen-bond donors (Lipinski definition) is 0. The van der Waals surface area contributed by atoms with Gasteiger partial charge in [-0.25, -0.2) is 35.1 Å². The maximum atomic E-state index is 15.1. The van der Waals surface area contributed by atoms with Crippen LogP contribution in [0.5, 0.6) is 0 Å². The van der Waals surface area contributed by atoms with E-state index >= 15 is 4.39 Å². The first-order chi connectivity index (χ1) is 11.9. The van der Waals surface area contributed by atoms with Crippen molar-refractivity contribution in [2.24, 2.45) is 23.7 Å². The molecule has 142 valence electrons. The minimum absolute atomic E-state index is 0.0379. The molecule has 2 saturated carbocycles. The lowest BCUT2D eigenvalue weighted by atomic mass is 9.52. The maximum absolute atomic E-state index is 15.1. The zero-order valence-corrected chi connectivity index (χ0v) is 12.5. The molecule has 0 aromatic heterocycles. The van der Waals surface area contributed by atoms with Gasteiger partial charge in [0.25, 0.3) is 5.92 Å². The first-order valence-corrected chi connectivity index (χ1v) is 7.53. The fourth-order valence-electron chi connectivity index (χ4n) is 4.71. The van der Waals surface area contributed by atoms with Crippen molar-refractivity contribution in [3.63, 3.8) is 0 Å². The molecular weight excluding hydrogens is 382 g/mol. The third kappa shape index (κ3) is 1.60. The van der Waals surface area contributed by atoms with E-state index in [9.17, 15) is 39.5 Å². The summed E-state index contributed by atoms with van der Waals surface area (Å²) in [6.07, 6.45) is 2.55. The van der Waals surface area contributed by atoms with E-state index in [1.165, 1.54) is 12.2 Å². The Bertz CT molecular complexity index is 815. The van der Waals surface area contributed by atoms with Gasteiger partial charge in [-0.3, -0.25) is 0 Å². The van der Waals surface area contributed by atoms with Crippen LogP contribution < -0.4 is 0 Å². The van der Waals surface area contributed by atoms with E-state index in [2.05, 4.69) is 0 Å². The molecule has 2 bridgehead atoms. The molecule has 0 spiro atoms. The molecule has 1 aromatic carbocycles. The summed E-state index contributed by atoms with van der Waals surface area (Å²) >= 11 is 0. The summed E-state index contributed by atoms with van der Waals surface area (Å²) < 4.78 is 140. The molecule has 5 unspecified atom stereocenters. The first kappa shape index (κ1) is 17.7. The van der Waals surface area contributed by atoms with E-state index in [4.69, 9.17) is 0 Å². The van der Waals surface area contributed by atoms with Gasteiger partial charge in [-0.1, -0.05) is 12.2 Å². The van der Waals surface area contributed by atoms with Crippen molar-refractivity contribution in [2.45, 2.75) is 23.9 Å². The highest BCUT2D eigenvalue weighted by Gasteiger charge is 2.89. The molecule has 26 heavy (non-hydrogen) atoms. The highest BCUT2D eigenvalue weighted by atomic mass is 19.3. The van der Waals surface area contributed by atoms with Crippen molar-refractivity contribution in [3.8, 4) is 0 Å². The van der Waals surface area contributed by atoms with Gasteiger partial charge in [-0.2, -0.15) is 8.78 Å². The summed E-state index contributed by atoms with van der Waals surface area (Å²) in [5.74, 6) is -30.4. The number of halogens is 10. The molecule has 0 N–H and O–H groups in total. The minimum Gasteiger partial charge on any atom is -0.230 e. The standard InChI is InChI=1S/C16H8F10/c17-9-8(10(18)12(20)13(21)11(9)19)16(25,26)14(22)6-4-1-2-5(3-4)7(6)15(14,23)24/h1-2,4-7H,3H2. The van der Waals surface area contributed by atoms with Gasteiger partial charge in [0.2, 0.25) is 11.5 Å². The van der Waals surface area contributed by atoms with Crippen LogP contribution in [-0.4, -0.2) is 11.6 Å². The van der Waals surface area contributed by atoms with E-state index < -0.39 is 75.8 Å². The molecule has 0 radical (unpaired) electrons. The summed E-state index contributed by atoms with van der Waals surface area (Å²) in [6, 6.07) is 0. The third-order valence-corrected chi connectivity index (χ3v) is 5.80. The lowest BCUT2D eigenvalue weighted by molar-refractivity contribution is -0.373. The second-order valence-corrected chi connectivity index (χ2v) is 6.85. The second-order valence-electron chi connectivity index (χ2n) is 6.85. The van der Waals surface area contributed by atoms with E-state index in [1.54, 1.807) is 0 Å². The van der Waals surface area contributed by atoms with Gasteiger partial charge in [0, 0.05) is 11.8 Å². The van der Waals surface area contributed by atoms with Crippen LogP contribution in [0.2, 0.25) is 0 Å². The van der Waals surface area contributed by atoms with Gasteiger partial charge in [0.1, 0.15) is 5.56 Å². The predicted octanol–water partition coefficient (Wildman–Crippen LogP) is 5.27. The quantitative estimate of drug-likeness (QED) is 0.279. The van der Waals surface area contributed by atoms with Gasteiger partial charge >= 0.3 is 5.92 Å². The van der Waals surface area contributed by atoms with E-state index in [0.717, 1.165) is 0 Å². The zero-order valence-electron chi connectivity index (χ0n) is 12.5. The summed E-state index contributed by atoms with van der Waals surface area (Å²) in [4.78, 5) is 0. The number of allylic oxidation sites excluding steroid dienone is 2. The van der Waals surface area contributed by atoms with E-state index in [-0.39, 0.29) is 6.42 Å². The van der Waals surface area contributed by atoms with Gasteiger partial charge in [0.15, 0.2) is 23.3 Å². The van der Waals surface area contributed by atoms with Crippen LogP contribution in [-0.2, 0) is 5.92 Å². The molecular formula is C16H8F10. The van der Waals surface area contributed by atoms with Crippen molar-refractivity contribution < 1.29 is 43.9 Å². The molecule has 3 aliphatic carbocycles. The predicted molar refractivity (Wildman–Crippen MR) is 66.6 cm³/mol. The number of fused-ring (bicyclic) bond motifs is 5. The average molecular weight is 390 g/mol. The van der Waals surface area contributed by atoms with Crippen LogP contribution in [0.25, 0.3) is 0 Å². The number of rotatable bonds is 2. The second kappa shape index (κ2) is 4.75. The van der Waals surface area contributed by atoms with Crippen LogP contribution in [0.1, 0.15) is 12.0 Å². The molecule has 0 aliphatic heterocycles. The Morgan fingerprint density at radius 2 is 1.15 bits per heavy atom. The van der Waals surface area contributed by atoms with Crippen molar-refractivity contribution in [3.05, 3.63) is 46.8 Å². The van der Waals surface area contributed by atoms with Gasteiger partial charge in [-0.15, -0.1) is 0 Å². The normalized spacial score (nSPS) is 37.0. The highest BCUT2D eigenvalue weighted by molar-refractivity contribution is 5.39. The van der Waals surface area contributed by atoms with Crippen molar-refractivity contribution in [1.82, 2.24) is 0 Å². The summed E-state index contributed by atoms with van der Waals surface area (Å²) in [7, 11) is 0. The molecule has 5 atom stereocenters. The highest BCUT2D eigenvalue weighted by Crippen LogP contribution is 2.75. The van der Waals surface area contributed by atoms with Crippen LogP contribution in [0, 0.1) is 52.8 Å². The van der Waals surface area contributed by atoms with Crippen LogP contribution in [0.4, 0.5) is 43.9 Å². The lowest BCUT2D eigenvalue weighted by Crippen LogP contribution is -2.76. The monoisotopic (exact) mass is 390 g/mol. The van der Waals surface area contributed by atoms with Crippen LogP contribution >= 0.6 is 0 Å². The fourth-order valence-corrected chi connectivity index (χ4v) is 4.71. The van der Waals surface area contributed by atoms with Gasteiger partial charge in [0.05, 0.1) is 0 Å². The average Bonchev–Trinajstić information content (AvgIpc) is 3.17. The molecule has 1 aromatic rings. The topological polar surface area (TPSA) is 0 Å². The molecule has 0 heterocycles. The minimum atomic E-state index is -5.64. The Morgan fingerprint density at radius 1 is 0.731 bits per heavy atom. The molecule has 0 nitrogen and oxygen atoms in total. The Hall–Kier alpha value is -1.74. The zero-order chi connectivity index (χ0) is 19.4. The van der Waals surface area contributed by atoms with E-state index in [1.807, 2.05) is 0 Å². The molecule has 3 aliphatic rings. The number of benzene rings is 1. The van der Waals surface area contributed by atoms with Crippen LogP contribution in [0.3, 0.4) is 0 Å². The number of alkyl halides is 5. The summed E-state index contributed by atoms with van der Waals surface area (Å²) in [6.45, 7) is 0. The summed E-state index contributed by atoms with van der Waals surface area (Å²) in [5.41, 5.74) is -7.64. The molecule has 4 rings (SSSR count). The number of hydrogen-bond acceptors (Lipinski definition) is 0. The van der Waals surface area contributed by atoms with Gasteiger partial charge < -0.3 is 0 Å². The molecule has 0 amide bonds. The largest absolute Gasteiger partial charge is 0.318 e. The van der Waals surface area contributed by atoms with Crippen LogP contribution in [0.15, 0.2) is 12.2 Å². The van der Waals surface area contributed by atoms with Gasteiger partial charge in [-0.05, 0) is 18.3 Å². The Kier molecular flexibility index (Phi) is 3.23. The third-order valence-electron chi connectivity index (χ3n) is 5.80. The molecule has 2 fully saturated rings. The van der Waals surface area contributed by atoms with Crippen molar-refractivity contribution in [1.29, 1.82) is 0 Å². The fraction of sp³-hybridized carbons (Fsp3) is 0.500. The molecule has 10 heteroatoms.